The molecule has 4 aliphatic rings. The first-order valence-electron chi connectivity index (χ1n) is 14.1. The Kier molecular flexibility index (Phi) is 6.09. The van der Waals surface area contributed by atoms with Gasteiger partial charge in [0, 0.05) is 5.92 Å². The summed E-state index contributed by atoms with van der Waals surface area (Å²) in [7, 11) is 1.59. The molecule has 0 bridgehead atoms. The van der Waals surface area contributed by atoms with Crippen LogP contribution in [0.4, 0.5) is 0 Å². The van der Waals surface area contributed by atoms with Crippen LogP contribution in [0.5, 0.6) is 5.75 Å². The lowest BCUT2D eigenvalue weighted by Gasteiger charge is -2.56. The summed E-state index contributed by atoms with van der Waals surface area (Å²) in [6.07, 6.45) is 9.78. The number of hydrogen-bond donors (Lipinski definition) is 1. The SMILES string of the molecule is COc1ccc(-n2nnn(CC(=O)[C@H]3CC[C@H]4[C@@H]5CC[C@@H]6C[C@](C)(O)CC[C@@H]6[C@H]5CC[C@]34C)c2=O)cc1. The number of fused-ring (bicyclic) bond motifs is 5. The fourth-order valence-corrected chi connectivity index (χ4v) is 9.13. The summed E-state index contributed by atoms with van der Waals surface area (Å²) in [5, 5.41) is 18.7. The molecule has 0 radical (unpaired) electrons. The van der Waals surface area contributed by atoms with Gasteiger partial charge in [0.15, 0.2) is 5.78 Å². The first-order valence-corrected chi connectivity index (χ1v) is 14.1. The number of carbonyl (C=O) groups is 1. The van der Waals surface area contributed by atoms with Crippen molar-refractivity contribution in [2.75, 3.05) is 7.11 Å². The number of carbonyl (C=O) groups excluding carboxylic acids is 1. The van der Waals surface area contributed by atoms with E-state index in [0.717, 1.165) is 50.4 Å². The van der Waals surface area contributed by atoms with Crippen LogP contribution in [0.2, 0.25) is 0 Å². The van der Waals surface area contributed by atoms with E-state index >= 15 is 0 Å². The Balaban J connectivity index is 1.16. The normalized spacial score (nSPS) is 38.9. The van der Waals surface area contributed by atoms with Gasteiger partial charge < -0.3 is 9.84 Å². The number of ether oxygens (including phenoxy) is 1. The highest BCUT2D eigenvalue weighted by Crippen LogP contribution is 2.64. The topological polar surface area (TPSA) is 99.2 Å². The highest BCUT2D eigenvalue weighted by Gasteiger charge is 2.58. The van der Waals surface area contributed by atoms with Gasteiger partial charge in [0.25, 0.3) is 0 Å². The third kappa shape index (κ3) is 4.16. The van der Waals surface area contributed by atoms with Gasteiger partial charge in [-0.2, -0.15) is 9.36 Å². The standard InChI is InChI=1S/C29H40N4O4/c1-28(36)14-12-21-18(16-28)4-9-23-22(21)13-15-29(2)24(23)10-11-25(29)26(34)17-32-27(35)33(31-30-32)19-5-7-20(37-3)8-6-19/h5-8,18,21-25,36H,4,9-17H2,1-3H3/t18-,21+,22-,23-,24+,25-,28-,29+/m1/s1. The van der Waals surface area contributed by atoms with E-state index < -0.39 is 11.3 Å². The van der Waals surface area contributed by atoms with Gasteiger partial charge in [-0.1, -0.05) is 6.92 Å². The number of benzene rings is 1. The quantitative estimate of drug-likeness (QED) is 0.655. The van der Waals surface area contributed by atoms with Gasteiger partial charge in [-0.15, -0.1) is 0 Å². The number of tetrazole rings is 1. The van der Waals surface area contributed by atoms with Crippen molar-refractivity contribution in [1.82, 2.24) is 19.8 Å². The van der Waals surface area contributed by atoms with Crippen LogP contribution in [0.1, 0.15) is 71.6 Å². The Hall–Kier alpha value is -2.48. The lowest BCUT2D eigenvalue weighted by Crippen LogP contribution is -2.51. The Bertz CT molecular complexity index is 1220. The van der Waals surface area contributed by atoms with E-state index in [4.69, 9.17) is 4.74 Å². The molecule has 200 valence electrons. The molecule has 1 heterocycles. The summed E-state index contributed by atoms with van der Waals surface area (Å²) in [5.41, 5.74) is -0.292. The maximum Gasteiger partial charge on any atom is 0.368 e. The van der Waals surface area contributed by atoms with Crippen LogP contribution < -0.4 is 10.4 Å². The molecule has 0 aliphatic heterocycles. The molecule has 0 amide bonds. The molecule has 4 saturated carbocycles. The highest BCUT2D eigenvalue weighted by atomic mass is 16.5. The molecule has 8 atom stereocenters. The van der Waals surface area contributed by atoms with Crippen molar-refractivity contribution in [2.24, 2.45) is 40.9 Å². The molecular formula is C29H40N4O4. The van der Waals surface area contributed by atoms with Crippen molar-refractivity contribution in [2.45, 2.75) is 83.8 Å². The molecule has 8 heteroatoms. The Morgan fingerprint density at radius 1 is 1.00 bits per heavy atom. The molecule has 8 nitrogen and oxygen atoms in total. The van der Waals surface area contributed by atoms with E-state index in [2.05, 4.69) is 17.4 Å². The number of methoxy groups -OCH3 is 1. The molecule has 6 rings (SSSR count). The van der Waals surface area contributed by atoms with Crippen molar-refractivity contribution < 1.29 is 14.6 Å². The number of Topliss-reactive ketones (excluding diaryl/α,β-unsaturated/α-hetero) is 1. The summed E-state index contributed by atoms with van der Waals surface area (Å²) in [4.78, 5) is 26.6. The fraction of sp³-hybridized carbons (Fsp3) is 0.724. The molecular weight excluding hydrogens is 468 g/mol. The van der Waals surface area contributed by atoms with Crippen LogP contribution in [0.3, 0.4) is 0 Å². The second kappa shape index (κ2) is 9.07. The van der Waals surface area contributed by atoms with Crippen LogP contribution in [-0.4, -0.2) is 43.4 Å². The molecule has 1 aromatic heterocycles. The molecule has 0 unspecified atom stereocenters. The van der Waals surface area contributed by atoms with Gasteiger partial charge in [-0.3, -0.25) is 4.79 Å². The molecule has 0 spiro atoms. The van der Waals surface area contributed by atoms with Crippen molar-refractivity contribution >= 4 is 5.78 Å². The van der Waals surface area contributed by atoms with Crippen molar-refractivity contribution in [1.29, 1.82) is 0 Å². The number of nitrogens with zero attached hydrogens (tertiary/aromatic N) is 4. The first kappa shape index (κ1) is 24.8. The van der Waals surface area contributed by atoms with Gasteiger partial charge in [-0.25, -0.2) is 4.79 Å². The van der Waals surface area contributed by atoms with Crippen molar-refractivity contribution in [3.8, 4) is 11.4 Å². The molecule has 4 fully saturated rings. The summed E-state index contributed by atoms with van der Waals surface area (Å²) >= 11 is 0. The molecule has 4 aliphatic carbocycles. The Morgan fingerprint density at radius 3 is 2.51 bits per heavy atom. The predicted molar refractivity (Wildman–Crippen MR) is 138 cm³/mol. The number of ketones is 1. The summed E-state index contributed by atoms with van der Waals surface area (Å²) in [6, 6.07) is 7.05. The van der Waals surface area contributed by atoms with Crippen LogP contribution in [0.25, 0.3) is 5.69 Å². The fourth-order valence-electron chi connectivity index (χ4n) is 9.13. The second-order valence-corrected chi connectivity index (χ2v) is 12.8. The van der Waals surface area contributed by atoms with E-state index in [-0.39, 0.29) is 23.7 Å². The van der Waals surface area contributed by atoms with Gasteiger partial charge in [0.05, 0.1) is 18.4 Å². The monoisotopic (exact) mass is 508 g/mol. The number of rotatable bonds is 5. The minimum atomic E-state index is -0.491. The number of aliphatic hydroxyl groups is 1. The van der Waals surface area contributed by atoms with Crippen LogP contribution in [0.15, 0.2) is 29.1 Å². The van der Waals surface area contributed by atoms with Gasteiger partial charge in [0.1, 0.15) is 12.3 Å². The molecule has 0 saturated heterocycles. The zero-order valence-corrected chi connectivity index (χ0v) is 22.3. The van der Waals surface area contributed by atoms with Gasteiger partial charge >= 0.3 is 5.69 Å². The number of hydrogen-bond acceptors (Lipinski definition) is 6. The Morgan fingerprint density at radius 2 is 1.76 bits per heavy atom. The van der Waals surface area contributed by atoms with E-state index in [0.29, 0.717) is 29.2 Å². The summed E-state index contributed by atoms with van der Waals surface area (Å²) < 4.78 is 7.64. The van der Waals surface area contributed by atoms with Crippen molar-refractivity contribution in [3.05, 3.63) is 34.7 Å². The molecule has 1 N–H and O–H groups in total. The molecule has 1 aromatic carbocycles. The van der Waals surface area contributed by atoms with Crippen LogP contribution in [0, 0.1) is 40.9 Å². The predicted octanol–water partition coefficient (Wildman–Crippen LogP) is 4.03. The van der Waals surface area contributed by atoms with Crippen molar-refractivity contribution in [3.63, 3.8) is 0 Å². The minimum absolute atomic E-state index is 0.000825. The van der Waals surface area contributed by atoms with Gasteiger partial charge in [0.2, 0.25) is 0 Å². The minimum Gasteiger partial charge on any atom is -0.497 e. The van der Waals surface area contributed by atoms with Crippen LogP contribution >= 0.6 is 0 Å². The van der Waals surface area contributed by atoms with Crippen LogP contribution in [-0.2, 0) is 11.3 Å². The highest BCUT2D eigenvalue weighted by molar-refractivity contribution is 5.82. The van der Waals surface area contributed by atoms with E-state index in [1.165, 1.54) is 28.6 Å². The zero-order chi connectivity index (χ0) is 25.9. The first-order chi connectivity index (χ1) is 17.7. The molecule has 37 heavy (non-hydrogen) atoms. The number of aromatic nitrogens is 4. The smallest absolute Gasteiger partial charge is 0.368 e. The average molecular weight is 509 g/mol. The third-order valence-corrected chi connectivity index (χ3v) is 10.9. The second-order valence-electron chi connectivity index (χ2n) is 12.8. The third-order valence-electron chi connectivity index (χ3n) is 10.9. The lowest BCUT2D eigenvalue weighted by atomic mass is 9.49. The van der Waals surface area contributed by atoms with E-state index in [1.54, 1.807) is 31.4 Å². The van der Waals surface area contributed by atoms with Gasteiger partial charge in [-0.05, 0) is 134 Å². The largest absolute Gasteiger partial charge is 0.497 e. The zero-order valence-electron chi connectivity index (χ0n) is 22.3. The summed E-state index contributed by atoms with van der Waals surface area (Å²) in [5.74, 6) is 4.21. The maximum atomic E-state index is 13.6. The molecule has 2 aromatic rings. The average Bonchev–Trinajstić information content (AvgIpc) is 3.42. The van der Waals surface area contributed by atoms with E-state index in [9.17, 15) is 14.7 Å². The van der Waals surface area contributed by atoms with E-state index in [1.807, 2.05) is 6.92 Å². The maximum absolute atomic E-state index is 13.6. The lowest BCUT2D eigenvalue weighted by molar-refractivity contribution is -0.133. The Labute approximate surface area is 218 Å². The summed E-state index contributed by atoms with van der Waals surface area (Å²) in [6.45, 7) is 4.34.